The van der Waals surface area contributed by atoms with Crippen molar-refractivity contribution in [2.45, 2.75) is 6.37 Å². The van der Waals surface area contributed by atoms with Crippen molar-refractivity contribution in [1.82, 2.24) is 9.97 Å². The standard InChI is InChI=1S/C11H9ClN2/c12-11-13-7-10(8-14-11)6-9-4-2-1-3-5-9/h1-5,7-8H,6H2/i1D,2D,3D,4D,5D,6D2. The zero-order valence-corrected chi connectivity index (χ0v) is 7.68. The number of aromatic nitrogens is 2. The van der Waals surface area contributed by atoms with Crippen LogP contribution in [0.3, 0.4) is 0 Å². The summed E-state index contributed by atoms with van der Waals surface area (Å²) in [4.78, 5) is 7.31. The van der Waals surface area contributed by atoms with Crippen molar-refractivity contribution in [2.75, 3.05) is 0 Å². The van der Waals surface area contributed by atoms with Crippen molar-refractivity contribution < 1.29 is 9.60 Å². The van der Waals surface area contributed by atoms with Crippen LogP contribution in [0, 0.1) is 0 Å². The van der Waals surface area contributed by atoms with Crippen LogP contribution in [0.4, 0.5) is 0 Å². The molecule has 14 heavy (non-hydrogen) atoms. The third-order valence-electron chi connectivity index (χ3n) is 1.39. The van der Waals surface area contributed by atoms with Crippen LogP contribution in [0.1, 0.15) is 20.7 Å². The molecule has 2 aromatic rings. The molecule has 0 saturated heterocycles. The van der Waals surface area contributed by atoms with Gasteiger partial charge in [0.15, 0.2) is 0 Å². The molecule has 0 N–H and O–H groups in total. The largest absolute Gasteiger partial charge is 0.226 e. The van der Waals surface area contributed by atoms with Crippen molar-refractivity contribution in [3.63, 3.8) is 0 Å². The first kappa shape index (κ1) is 3.99. The maximum Gasteiger partial charge on any atom is 0.222 e. The lowest BCUT2D eigenvalue weighted by atomic mass is 10.1. The predicted octanol–water partition coefficient (Wildman–Crippen LogP) is 2.72. The van der Waals surface area contributed by atoms with E-state index in [9.17, 15) is 0 Å². The zero-order chi connectivity index (χ0) is 15.9. The van der Waals surface area contributed by atoms with Gasteiger partial charge in [-0.05, 0) is 22.7 Å². The van der Waals surface area contributed by atoms with E-state index in [0.717, 1.165) is 12.4 Å². The second-order valence-corrected chi connectivity index (χ2v) is 2.70. The lowest BCUT2D eigenvalue weighted by molar-refractivity contribution is 1.07. The predicted molar refractivity (Wildman–Crippen MR) is 56.3 cm³/mol. The van der Waals surface area contributed by atoms with Gasteiger partial charge in [-0.1, -0.05) is 30.2 Å². The molecule has 0 aliphatic carbocycles. The number of nitrogens with zero attached hydrogens (tertiary/aromatic N) is 2. The molecule has 0 amide bonds. The van der Waals surface area contributed by atoms with Gasteiger partial charge in [-0.15, -0.1) is 0 Å². The van der Waals surface area contributed by atoms with Gasteiger partial charge in [0.2, 0.25) is 5.28 Å². The van der Waals surface area contributed by atoms with Crippen LogP contribution in [0.25, 0.3) is 0 Å². The smallest absolute Gasteiger partial charge is 0.222 e. The number of benzene rings is 1. The normalized spacial score (nSPS) is 18.2. The quantitative estimate of drug-likeness (QED) is 0.714. The fourth-order valence-electron chi connectivity index (χ4n) is 0.834. The maximum atomic E-state index is 8.10. The third-order valence-corrected chi connectivity index (χ3v) is 1.58. The minimum atomic E-state index is -2.35. The van der Waals surface area contributed by atoms with Crippen molar-refractivity contribution in [3.8, 4) is 0 Å². The highest BCUT2D eigenvalue weighted by Crippen LogP contribution is 2.08. The van der Waals surface area contributed by atoms with Gasteiger partial charge in [0.25, 0.3) is 0 Å². The Balaban J connectivity index is 2.73. The van der Waals surface area contributed by atoms with Crippen LogP contribution in [0.2, 0.25) is 5.28 Å². The first-order valence-electron chi connectivity index (χ1n) is 7.23. The molecule has 0 aliphatic heterocycles. The van der Waals surface area contributed by atoms with Crippen LogP contribution < -0.4 is 0 Å². The van der Waals surface area contributed by atoms with E-state index >= 15 is 0 Å². The van der Waals surface area contributed by atoms with Crippen LogP contribution in [0.5, 0.6) is 0 Å². The number of rotatable bonds is 2. The fourth-order valence-corrected chi connectivity index (χ4v) is 0.931. The van der Waals surface area contributed by atoms with Gasteiger partial charge in [0, 0.05) is 21.5 Å². The average molecular weight is 212 g/mol. The molecule has 0 saturated carbocycles. The van der Waals surface area contributed by atoms with Crippen molar-refractivity contribution in [2.24, 2.45) is 0 Å². The van der Waals surface area contributed by atoms with Gasteiger partial charge in [-0.2, -0.15) is 0 Å². The molecular weight excluding hydrogens is 196 g/mol. The molecule has 2 rings (SSSR count). The lowest BCUT2D eigenvalue weighted by Gasteiger charge is -1.99. The number of hydrogen-bond donors (Lipinski definition) is 0. The van der Waals surface area contributed by atoms with E-state index in [0.29, 0.717) is 0 Å². The Kier molecular flexibility index (Phi) is 1.20. The van der Waals surface area contributed by atoms with E-state index in [1.165, 1.54) is 0 Å². The lowest BCUT2D eigenvalue weighted by Crippen LogP contribution is -1.90. The van der Waals surface area contributed by atoms with E-state index < -0.39 is 42.1 Å². The minimum absolute atomic E-state index is 0.0505. The van der Waals surface area contributed by atoms with E-state index in [1.807, 2.05) is 0 Å². The first-order valence-corrected chi connectivity index (χ1v) is 4.11. The molecule has 0 fully saturated rings. The Bertz CT molecular complexity index is 674. The highest BCUT2D eigenvalue weighted by Gasteiger charge is 1.96. The van der Waals surface area contributed by atoms with Crippen LogP contribution in [-0.4, -0.2) is 9.97 Å². The second kappa shape index (κ2) is 4.20. The Morgan fingerprint density at radius 1 is 1.14 bits per heavy atom. The third kappa shape index (κ3) is 2.30. The first-order chi connectivity index (χ1) is 9.67. The fraction of sp³-hybridized carbons (Fsp3) is 0.0909. The Labute approximate surface area is 97.4 Å². The number of halogens is 1. The van der Waals surface area contributed by atoms with Crippen LogP contribution >= 0.6 is 11.6 Å². The SMILES string of the molecule is [2H]c1c([2H])c([2H])c(C([2H])([2H])c2cnc(Cl)nc2)c([2H])c1[2H]. The monoisotopic (exact) mass is 211 g/mol. The molecule has 0 unspecified atom stereocenters. The van der Waals surface area contributed by atoms with E-state index in [4.69, 9.17) is 21.2 Å². The Morgan fingerprint density at radius 3 is 2.43 bits per heavy atom. The summed E-state index contributed by atoms with van der Waals surface area (Å²) >= 11 is 5.54. The molecule has 0 atom stereocenters. The molecule has 1 aromatic carbocycles. The van der Waals surface area contributed by atoms with E-state index in [-0.39, 0.29) is 10.8 Å². The molecule has 2 nitrogen and oxygen atoms in total. The molecular formula is C11H9ClN2. The zero-order valence-electron chi connectivity index (χ0n) is 13.9. The van der Waals surface area contributed by atoms with Crippen LogP contribution in [0.15, 0.2) is 42.6 Å². The maximum absolute atomic E-state index is 8.10. The topological polar surface area (TPSA) is 25.8 Å². The average Bonchev–Trinajstić information content (AvgIpc) is 2.43. The summed E-state index contributed by atoms with van der Waals surface area (Å²) in [7, 11) is 0. The molecule has 3 heteroatoms. The molecule has 70 valence electrons. The minimum Gasteiger partial charge on any atom is -0.226 e. The summed E-state index contributed by atoms with van der Waals surface area (Å²) in [6.07, 6.45) is -0.107. The van der Waals surface area contributed by atoms with Crippen molar-refractivity contribution >= 4 is 11.6 Å². The van der Waals surface area contributed by atoms with Gasteiger partial charge in [0.05, 0.1) is 6.85 Å². The summed E-state index contributed by atoms with van der Waals surface area (Å²) in [6, 6.07) is -2.95. The van der Waals surface area contributed by atoms with Gasteiger partial charge in [-0.25, -0.2) is 9.97 Å². The van der Waals surface area contributed by atoms with Crippen molar-refractivity contribution in [1.29, 1.82) is 0 Å². The summed E-state index contributed by atoms with van der Waals surface area (Å²) in [5, 5.41) is -0.0735. The summed E-state index contributed by atoms with van der Waals surface area (Å²) < 4.78 is 54.5. The van der Waals surface area contributed by atoms with E-state index in [2.05, 4.69) is 9.97 Å². The molecule has 1 heterocycles. The second-order valence-electron chi connectivity index (χ2n) is 2.37. The molecule has 1 aromatic heterocycles. The highest BCUT2D eigenvalue weighted by molar-refractivity contribution is 6.28. The van der Waals surface area contributed by atoms with Gasteiger partial charge in [0.1, 0.15) is 0 Å². The van der Waals surface area contributed by atoms with E-state index in [1.54, 1.807) is 0 Å². The van der Waals surface area contributed by atoms with Gasteiger partial charge in [-0.3, -0.25) is 0 Å². The van der Waals surface area contributed by atoms with Crippen molar-refractivity contribution in [3.05, 3.63) is 59.0 Å². The van der Waals surface area contributed by atoms with Gasteiger partial charge >= 0.3 is 0 Å². The molecule has 0 spiro atoms. The molecule has 0 radical (unpaired) electrons. The highest BCUT2D eigenvalue weighted by atomic mass is 35.5. The number of hydrogen-bond acceptors (Lipinski definition) is 2. The molecule has 0 bridgehead atoms. The Morgan fingerprint density at radius 2 is 1.79 bits per heavy atom. The van der Waals surface area contributed by atoms with Crippen LogP contribution in [-0.2, 0) is 6.37 Å². The molecule has 0 aliphatic rings. The summed E-state index contributed by atoms with van der Waals surface area (Å²) in [5.41, 5.74) is -0.509. The summed E-state index contributed by atoms with van der Waals surface area (Å²) in [6.45, 7) is 0. The van der Waals surface area contributed by atoms with Gasteiger partial charge < -0.3 is 0 Å². The summed E-state index contributed by atoms with van der Waals surface area (Å²) in [5.74, 6) is 0. The Hall–Kier alpha value is -1.41.